The van der Waals surface area contributed by atoms with Crippen LogP contribution < -0.4 is 5.32 Å². The Balaban J connectivity index is 2.01. The first kappa shape index (κ1) is 12.3. The van der Waals surface area contributed by atoms with Crippen molar-refractivity contribution < 1.29 is 4.79 Å². The van der Waals surface area contributed by atoms with E-state index in [1.807, 2.05) is 12.1 Å². The molecule has 0 amide bonds. The largest absolute Gasteiger partial charge is 0.316 e. The zero-order valence-electron chi connectivity index (χ0n) is 9.38. The predicted molar refractivity (Wildman–Crippen MR) is 70.9 cm³/mol. The van der Waals surface area contributed by atoms with Crippen LogP contribution in [-0.2, 0) is 11.2 Å². The Bertz CT molecular complexity index is 382. The predicted octanol–water partition coefficient (Wildman–Crippen LogP) is 3.01. The number of nitrogens with one attached hydrogen (secondary N) is 1. The van der Waals surface area contributed by atoms with Gasteiger partial charge in [-0.05, 0) is 47.4 Å². The lowest BCUT2D eigenvalue weighted by atomic mass is 9.77. The quantitative estimate of drug-likeness (QED) is 0.930. The highest BCUT2D eigenvalue weighted by Crippen LogP contribution is 2.30. The number of halogens is 1. The number of hydrogen-bond acceptors (Lipinski definition) is 3. The molecule has 0 aromatic carbocycles. The Morgan fingerprint density at radius 2 is 2.44 bits per heavy atom. The van der Waals surface area contributed by atoms with Crippen molar-refractivity contribution in [2.24, 2.45) is 5.41 Å². The summed E-state index contributed by atoms with van der Waals surface area (Å²) in [6.45, 7) is 3.97. The van der Waals surface area contributed by atoms with Crippen LogP contribution in [0.2, 0.25) is 0 Å². The van der Waals surface area contributed by atoms with Crippen LogP contribution in [0.25, 0.3) is 0 Å². The van der Waals surface area contributed by atoms with E-state index in [0.29, 0.717) is 12.2 Å². The molecule has 1 aromatic heterocycles. The first-order valence-electron chi connectivity index (χ1n) is 5.58. The van der Waals surface area contributed by atoms with Crippen LogP contribution in [0.5, 0.6) is 0 Å². The van der Waals surface area contributed by atoms with E-state index in [9.17, 15) is 4.79 Å². The van der Waals surface area contributed by atoms with Gasteiger partial charge in [0.1, 0.15) is 5.78 Å². The third kappa shape index (κ3) is 2.73. The van der Waals surface area contributed by atoms with Gasteiger partial charge in [0.2, 0.25) is 0 Å². The second-order valence-corrected chi connectivity index (χ2v) is 7.19. The fourth-order valence-electron chi connectivity index (χ4n) is 2.11. The minimum absolute atomic E-state index is 0.158. The Morgan fingerprint density at radius 3 is 3.00 bits per heavy atom. The molecule has 2 nitrogen and oxygen atoms in total. The highest BCUT2D eigenvalue weighted by atomic mass is 79.9. The number of ketones is 1. The van der Waals surface area contributed by atoms with Crippen LogP contribution in [0.15, 0.2) is 15.9 Å². The minimum Gasteiger partial charge on any atom is -0.316 e. The zero-order valence-corrected chi connectivity index (χ0v) is 11.8. The molecule has 16 heavy (non-hydrogen) atoms. The number of carbonyl (C=O) groups is 1. The highest BCUT2D eigenvalue weighted by molar-refractivity contribution is 9.11. The van der Waals surface area contributed by atoms with E-state index in [1.54, 1.807) is 11.3 Å². The van der Waals surface area contributed by atoms with Crippen molar-refractivity contribution in [1.82, 2.24) is 5.32 Å². The summed E-state index contributed by atoms with van der Waals surface area (Å²) >= 11 is 5.08. The monoisotopic (exact) mass is 301 g/mol. The first-order chi connectivity index (χ1) is 7.60. The maximum absolute atomic E-state index is 12.2. The van der Waals surface area contributed by atoms with Gasteiger partial charge in [0.25, 0.3) is 0 Å². The molecule has 0 radical (unpaired) electrons. The maximum Gasteiger partial charge on any atom is 0.145 e. The second kappa shape index (κ2) is 4.98. The lowest BCUT2D eigenvalue weighted by molar-refractivity contribution is -0.128. The lowest BCUT2D eigenvalue weighted by Gasteiger charge is -2.32. The van der Waals surface area contributed by atoms with Crippen molar-refractivity contribution in [3.63, 3.8) is 0 Å². The van der Waals surface area contributed by atoms with Gasteiger partial charge < -0.3 is 5.32 Å². The molecule has 88 valence electrons. The van der Waals surface area contributed by atoms with Gasteiger partial charge in [0.05, 0.1) is 3.79 Å². The van der Waals surface area contributed by atoms with Crippen LogP contribution in [0.4, 0.5) is 0 Å². The summed E-state index contributed by atoms with van der Waals surface area (Å²) in [5.41, 5.74) is -0.158. The van der Waals surface area contributed by atoms with Gasteiger partial charge >= 0.3 is 0 Å². The molecule has 1 aliphatic heterocycles. The van der Waals surface area contributed by atoms with Crippen molar-refractivity contribution in [2.75, 3.05) is 13.1 Å². The van der Waals surface area contributed by atoms with Gasteiger partial charge in [0, 0.05) is 23.3 Å². The summed E-state index contributed by atoms with van der Waals surface area (Å²) in [7, 11) is 0. The van der Waals surface area contributed by atoms with E-state index < -0.39 is 0 Å². The number of Topliss-reactive ketones (excluding diaryl/α,β-unsaturated/α-hetero) is 1. The van der Waals surface area contributed by atoms with Crippen LogP contribution in [-0.4, -0.2) is 18.9 Å². The van der Waals surface area contributed by atoms with Gasteiger partial charge in [-0.25, -0.2) is 0 Å². The average molecular weight is 302 g/mol. The molecule has 1 unspecified atom stereocenters. The van der Waals surface area contributed by atoms with Crippen molar-refractivity contribution in [1.29, 1.82) is 0 Å². The molecule has 1 N–H and O–H groups in total. The number of carbonyl (C=O) groups excluding carboxylic acids is 1. The fourth-order valence-corrected chi connectivity index (χ4v) is 3.59. The van der Waals surface area contributed by atoms with Gasteiger partial charge in [0.15, 0.2) is 0 Å². The fraction of sp³-hybridized carbons (Fsp3) is 0.583. The molecule has 4 heteroatoms. The Morgan fingerprint density at radius 1 is 1.62 bits per heavy atom. The summed E-state index contributed by atoms with van der Waals surface area (Å²) in [5, 5.41) is 3.32. The normalized spacial score (nSPS) is 25.6. The van der Waals surface area contributed by atoms with Crippen molar-refractivity contribution >= 4 is 33.0 Å². The standard InChI is InChI=1S/C12H16BrNOS/c1-12(5-2-6-14-8-12)10(15)7-9-3-4-11(13)16-9/h3-4,14H,2,5-8H2,1H3. The van der Waals surface area contributed by atoms with Crippen LogP contribution in [0.3, 0.4) is 0 Å². The molecule has 0 aliphatic carbocycles. The molecule has 0 spiro atoms. The molecule has 2 rings (SSSR count). The van der Waals surface area contributed by atoms with Gasteiger partial charge in [-0.1, -0.05) is 6.92 Å². The van der Waals surface area contributed by atoms with E-state index in [2.05, 4.69) is 28.2 Å². The van der Waals surface area contributed by atoms with Crippen molar-refractivity contribution in [3.8, 4) is 0 Å². The molecule has 1 aromatic rings. The Hall–Kier alpha value is -0.190. The molecule has 1 aliphatic rings. The second-order valence-electron chi connectivity index (χ2n) is 4.65. The third-order valence-electron chi connectivity index (χ3n) is 3.23. The zero-order chi connectivity index (χ0) is 11.6. The third-order valence-corrected chi connectivity index (χ3v) is 4.86. The highest BCUT2D eigenvalue weighted by Gasteiger charge is 2.34. The summed E-state index contributed by atoms with van der Waals surface area (Å²) < 4.78 is 1.10. The number of rotatable bonds is 3. The molecule has 1 atom stereocenters. The van der Waals surface area contributed by atoms with Crippen LogP contribution in [0.1, 0.15) is 24.6 Å². The van der Waals surface area contributed by atoms with Crippen LogP contribution in [0, 0.1) is 5.41 Å². The smallest absolute Gasteiger partial charge is 0.145 e. The number of thiophene rings is 1. The van der Waals surface area contributed by atoms with Crippen LogP contribution >= 0.6 is 27.3 Å². The van der Waals surface area contributed by atoms with Crippen molar-refractivity contribution in [2.45, 2.75) is 26.2 Å². The maximum atomic E-state index is 12.2. The Labute approximate surface area is 109 Å². The van der Waals surface area contributed by atoms with Gasteiger partial charge in [-0.3, -0.25) is 4.79 Å². The summed E-state index contributed by atoms with van der Waals surface area (Å²) in [5.74, 6) is 0.369. The summed E-state index contributed by atoms with van der Waals surface area (Å²) in [6.07, 6.45) is 2.70. The van der Waals surface area contributed by atoms with E-state index in [1.165, 1.54) is 0 Å². The van der Waals surface area contributed by atoms with E-state index in [-0.39, 0.29) is 5.41 Å². The molecular weight excluding hydrogens is 286 g/mol. The average Bonchev–Trinajstić information content (AvgIpc) is 2.65. The van der Waals surface area contributed by atoms with E-state index >= 15 is 0 Å². The van der Waals surface area contributed by atoms with Crippen molar-refractivity contribution in [3.05, 3.63) is 20.8 Å². The summed E-state index contributed by atoms with van der Waals surface area (Å²) in [4.78, 5) is 13.4. The Kier molecular flexibility index (Phi) is 3.82. The molecule has 1 fully saturated rings. The molecule has 0 bridgehead atoms. The number of hydrogen-bond donors (Lipinski definition) is 1. The van der Waals surface area contributed by atoms with Gasteiger partial charge in [-0.15, -0.1) is 11.3 Å². The van der Waals surface area contributed by atoms with E-state index in [0.717, 1.165) is 34.6 Å². The molecular formula is C12H16BrNOS. The minimum atomic E-state index is -0.158. The topological polar surface area (TPSA) is 29.1 Å². The lowest BCUT2D eigenvalue weighted by Crippen LogP contribution is -2.43. The van der Waals surface area contributed by atoms with E-state index in [4.69, 9.17) is 0 Å². The molecule has 1 saturated heterocycles. The van der Waals surface area contributed by atoms with Gasteiger partial charge in [-0.2, -0.15) is 0 Å². The number of piperidine rings is 1. The molecule has 2 heterocycles. The molecule has 0 saturated carbocycles. The summed E-state index contributed by atoms with van der Waals surface area (Å²) in [6, 6.07) is 4.04. The SMILES string of the molecule is CC1(C(=O)Cc2ccc(Br)s2)CCCNC1. The first-order valence-corrected chi connectivity index (χ1v) is 7.19.